The summed E-state index contributed by atoms with van der Waals surface area (Å²) in [5.41, 5.74) is -2.63. The van der Waals surface area contributed by atoms with Crippen molar-refractivity contribution in [2.75, 3.05) is 0 Å². The zero-order valence-corrected chi connectivity index (χ0v) is 7.07. The molecular formula is C8H5F3N2O. The first-order valence-corrected chi connectivity index (χ1v) is 3.57. The summed E-state index contributed by atoms with van der Waals surface area (Å²) in [6.07, 6.45) is -4.60. The highest BCUT2D eigenvalue weighted by Crippen LogP contribution is 2.29. The molecule has 1 aromatic rings. The van der Waals surface area contributed by atoms with Gasteiger partial charge in [-0.1, -0.05) is 0 Å². The predicted molar refractivity (Wildman–Crippen MR) is 41.5 cm³/mol. The third kappa shape index (κ3) is 1.76. The lowest BCUT2D eigenvalue weighted by Crippen LogP contribution is -2.20. The maximum Gasteiger partial charge on any atom is 0.431 e. The molecule has 0 radical (unpaired) electrons. The molecule has 6 heteroatoms. The van der Waals surface area contributed by atoms with E-state index in [9.17, 15) is 18.0 Å². The molecule has 0 fully saturated rings. The van der Waals surface area contributed by atoms with Crippen molar-refractivity contribution in [3.05, 3.63) is 33.2 Å². The Hall–Kier alpha value is -1.77. The zero-order chi connectivity index (χ0) is 10.9. The van der Waals surface area contributed by atoms with Crippen molar-refractivity contribution < 1.29 is 13.2 Å². The summed E-state index contributed by atoms with van der Waals surface area (Å²) in [6, 6.07) is 2.42. The van der Waals surface area contributed by atoms with Crippen LogP contribution in [0.4, 0.5) is 13.2 Å². The van der Waals surface area contributed by atoms with Crippen LogP contribution in [0.3, 0.4) is 0 Å². The molecule has 0 aromatic carbocycles. The van der Waals surface area contributed by atoms with Gasteiger partial charge in [-0.25, -0.2) is 0 Å². The fourth-order valence-corrected chi connectivity index (χ4v) is 1.01. The molecule has 1 heterocycles. The Morgan fingerprint density at radius 3 is 2.50 bits per heavy atom. The van der Waals surface area contributed by atoms with Crippen LogP contribution in [0.5, 0.6) is 0 Å². The van der Waals surface area contributed by atoms with Gasteiger partial charge in [0, 0.05) is 0 Å². The molecule has 0 amide bonds. The van der Waals surface area contributed by atoms with E-state index in [0.717, 1.165) is 6.07 Å². The monoisotopic (exact) mass is 202 g/mol. The lowest BCUT2D eigenvalue weighted by Gasteiger charge is -2.08. The van der Waals surface area contributed by atoms with Gasteiger partial charge < -0.3 is 4.98 Å². The number of nitrogens with zero attached hydrogens (tertiary/aromatic N) is 1. The molecule has 0 aliphatic carbocycles. The Balaban J connectivity index is 3.47. The number of nitriles is 1. The molecule has 1 aromatic heterocycles. The lowest BCUT2D eigenvalue weighted by molar-refractivity contribution is -0.141. The van der Waals surface area contributed by atoms with Crippen molar-refractivity contribution in [3.63, 3.8) is 0 Å². The third-order valence-electron chi connectivity index (χ3n) is 1.64. The molecule has 0 saturated carbocycles. The van der Waals surface area contributed by atoms with Crippen LogP contribution in [0.25, 0.3) is 0 Å². The molecular weight excluding hydrogens is 197 g/mol. The highest BCUT2D eigenvalue weighted by molar-refractivity contribution is 5.33. The molecule has 0 aliphatic heterocycles. The Kier molecular flexibility index (Phi) is 2.34. The van der Waals surface area contributed by atoms with E-state index in [0.29, 0.717) is 0 Å². The van der Waals surface area contributed by atoms with Gasteiger partial charge in [-0.2, -0.15) is 18.4 Å². The molecule has 1 rings (SSSR count). The Morgan fingerprint density at radius 1 is 1.50 bits per heavy atom. The molecule has 3 nitrogen and oxygen atoms in total. The van der Waals surface area contributed by atoms with E-state index >= 15 is 0 Å². The predicted octanol–water partition coefficient (Wildman–Crippen LogP) is 1.57. The van der Waals surface area contributed by atoms with E-state index in [1.165, 1.54) is 13.0 Å². The van der Waals surface area contributed by atoms with Crippen LogP contribution in [-0.2, 0) is 6.18 Å². The van der Waals surface area contributed by atoms with Crippen molar-refractivity contribution in [1.82, 2.24) is 4.98 Å². The SMILES string of the molecule is Cc1cc(C#N)c(=O)[nH]c1C(F)(F)F. The molecule has 0 saturated heterocycles. The summed E-state index contributed by atoms with van der Waals surface area (Å²) in [5, 5.41) is 8.39. The van der Waals surface area contributed by atoms with Gasteiger partial charge >= 0.3 is 6.18 Å². The van der Waals surface area contributed by atoms with Crippen molar-refractivity contribution in [3.8, 4) is 6.07 Å². The summed E-state index contributed by atoms with van der Waals surface area (Å²) in [5.74, 6) is 0. The average molecular weight is 202 g/mol. The molecule has 1 N–H and O–H groups in total. The van der Waals surface area contributed by atoms with E-state index in [1.54, 1.807) is 4.98 Å². The number of aromatic nitrogens is 1. The zero-order valence-electron chi connectivity index (χ0n) is 7.07. The summed E-state index contributed by atoms with van der Waals surface area (Å²) in [4.78, 5) is 12.5. The van der Waals surface area contributed by atoms with Crippen LogP contribution in [0.1, 0.15) is 16.8 Å². The molecule has 0 aliphatic rings. The number of halogens is 3. The minimum Gasteiger partial charge on any atom is -0.317 e. The van der Waals surface area contributed by atoms with Gasteiger partial charge in [-0.15, -0.1) is 0 Å². The largest absolute Gasteiger partial charge is 0.431 e. The number of H-pyrrole nitrogens is 1. The first-order chi connectivity index (χ1) is 6.36. The Bertz CT molecular complexity index is 453. The van der Waals surface area contributed by atoms with Gasteiger partial charge in [0.25, 0.3) is 5.56 Å². The lowest BCUT2D eigenvalue weighted by atomic mass is 10.1. The summed E-state index contributed by atoms with van der Waals surface area (Å²) in [7, 11) is 0. The summed E-state index contributed by atoms with van der Waals surface area (Å²) < 4.78 is 36.6. The molecule has 0 spiro atoms. The van der Waals surface area contributed by atoms with Crippen LogP contribution in [0, 0.1) is 18.3 Å². The fraction of sp³-hybridized carbons (Fsp3) is 0.250. The summed E-state index contributed by atoms with van der Waals surface area (Å²) in [6.45, 7) is 1.18. The number of rotatable bonds is 0. The van der Waals surface area contributed by atoms with Crippen LogP contribution in [0.2, 0.25) is 0 Å². The van der Waals surface area contributed by atoms with Crippen molar-refractivity contribution >= 4 is 0 Å². The highest BCUT2D eigenvalue weighted by atomic mass is 19.4. The van der Waals surface area contributed by atoms with Crippen LogP contribution < -0.4 is 5.56 Å². The Labute approximate surface area is 76.8 Å². The average Bonchev–Trinajstić information content (AvgIpc) is 2.06. The van der Waals surface area contributed by atoms with E-state index in [-0.39, 0.29) is 11.1 Å². The number of alkyl halides is 3. The first kappa shape index (κ1) is 10.3. The summed E-state index contributed by atoms with van der Waals surface area (Å²) >= 11 is 0. The second-order valence-electron chi connectivity index (χ2n) is 2.68. The highest BCUT2D eigenvalue weighted by Gasteiger charge is 2.34. The molecule has 0 bridgehead atoms. The molecule has 0 atom stereocenters. The smallest absolute Gasteiger partial charge is 0.317 e. The van der Waals surface area contributed by atoms with Crippen LogP contribution in [-0.4, -0.2) is 4.98 Å². The van der Waals surface area contributed by atoms with Crippen molar-refractivity contribution in [2.45, 2.75) is 13.1 Å². The normalized spacial score (nSPS) is 11.1. The van der Waals surface area contributed by atoms with Gasteiger partial charge in [-0.3, -0.25) is 4.79 Å². The van der Waals surface area contributed by atoms with Gasteiger partial charge in [0.15, 0.2) is 0 Å². The first-order valence-electron chi connectivity index (χ1n) is 3.57. The van der Waals surface area contributed by atoms with E-state index < -0.39 is 17.4 Å². The van der Waals surface area contributed by atoms with Crippen molar-refractivity contribution in [1.29, 1.82) is 5.26 Å². The van der Waals surface area contributed by atoms with E-state index in [1.807, 2.05) is 0 Å². The van der Waals surface area contributed by atoms with E-state index in [4.69, 9.17) is 5.26 Å². The number of nitrogens with one attached hydrogen (secondary N) is 1. The van der Waals surface area contributed by atoms with Crippen LogP contribution >= 0.6 is 0 Å². The maximum atomic E-state index is 12.2. The number of aryl methyl sites for hydroxylation is 1. The van der Waals surface area contributed by atoms with Gasteiger partial charge in [0.1, 0.15) is 17.3 Å². The minimum absolute atomic E-state index is 0.173. The number of hydrogen-bond donors (Lipinski definition) is 1. The van der Waals surface area contributed by atoms with Gasteiger partial charge in [0.05, 0.1) is 0 Å². The Morgan fingerprint density at radius 2 is 2.07 bits per heavy atom. The molecule has 14 heavy (non-hydrogen) atoms. The number of pyridine rings is 1. The minimum atomic E-state index is -4.60. The molecule has 0 unspecified atom stereocenters. The number of aromatic amines is 1. The van der Waals surface area contributed by atoms with Gasteiger partial charge in [0.2, 0.25) is 0 Å². The quantitative estimate of drug-likeness (QED) is 0.694. The standard InChI is InChI=1S/C8H5F3N2O/c1-4-2-5(3-12)7(14)13-6(4)8(9,10)11/h2H,1H3,(H,13,14). The van der Waals surface area contributed by atoms with E-state index in [2.05, 4.69) is 0 Å². The van der Waals surface area contributed by atoms with Crippen LogP contribution in [0.15, 0.2) is 10.9 Å². The van der Waals surface area contributed by atoms with Gasteiger partial charge in [-0.05, 0) is 18.6 Å². The molecule has 74 valence electrons. The van der Waals surface area contributed by atoms with Crippen molar-refractivity contribution in [2.24, 2.45) is 0 Å². The number of hydrogen-bond acceptors (Lipinski definition) is 2. The topological polar surface area (TPSA) is 56.6 Å². The second kappa shape index (κ2) is 3.18. The second-order valence-corrected chi connectivity index (χ2v) is 2.68. The fourth-order valence-electron chi connectivity index (χ4n) is 1.01. The maximum absolute atomic E-state index is 12.2. The third-order valence-corrected chi connectivity index (χ3v) is 1.64.